The lowest BCUT2D eigenvalue weighted by Gasteiger charge is -2.01. The van der Waals surface area contributed by atoms with E-state index >= 15 is 0 Å². The maximum absolute atomic E-state index is 11.4. The molecule has 0 unspecified atom stereocenters. The van der Waals surface area contributed by atoms with Crippen LogP contribution in [-0.4, -0.2) is 31.2 Å². The predicted octanol–water partition coefficient (Wildman–Crippen LogP) is 2.07. The van der Waals surface area contributed by atoms with Crippen LogP contribution in [0.3, 0.4) is 0 Å². The second-order valence-corrected chi connectivity index (χ2v) is 3.46. The molecule has 0 aliphatic carbocycles. The summed E-state index contributed by atoms with van der Waals surface area (Å²) in [5.74, 6) is -0.268. The number of aliphatic imine (C=N–C) groups is 1. The number of carbonyl (C=O) groups excluding carboxylic acids is 1. The van der Waals surface area contributed by atoms with Crippen LogP contribution in [0.15, 0.2) is 29.3 Å². The fourth-order valence-corrected chi connectivity index (χ4v) is 0.961. The first-order chi connectivity index (χ1) is 6.59. The van der Waals surface area contributed by atoms with Gasteiger partial charge < -0.3 is 4.90 Å². The molecule has 0 aliphatic heterocycles. The third-order valence-electron chi connectivity index (χ3n) is 1.50. The van der Waals surface area contributed by atoms with E-state index in [1.807, 2.05) is 0 Å². The Morgan fingerprint density at radius 3 is 2.43 bits per heavy atom. The zero-order chi connectivity index (χ0) is 10.6. The van der Waals surface area contributed by atoms with Gasteiger partial charge in [-0.1, -0.05) is 11.6 Å². The average molecular weight is 211 g/mol. The minimum absolute atomic E-state index is 0.268. The number of hydrogen-bond donors (Lipinski definition) is 0. The van der Waals surface area contributed by atoms with E-state index in [-0.39, 0.29) is 5.91 Å². The van der Waals surface area contributed by atoms with Crippen LogP contribution in [0.4, 0.5) is 0 Å². The van der Waals surface area contributed by atoms with Crippen LogP contribution < -0.4 is 0 Å². The van der Waals surface area contributed by atoms with Crippen molar-refractivity contribution in [2.45, 2.75) is 0 Å². The van der Waals surface area contributed by atoms with Gasteiger partial charge in [0.2, 0.25) is 0 Å². The highest BCUT2D eigenvalue weighted by Gasteiger charge is 2.01. The molecule has 1 aromatic rings. The molecule has 0 aliphatic rings. The number of carbonyl (C=O) groups is 1. The molecule has 0 heterocycles. The standard InChI is InChI=1S/C10H11ClN2O/c1-13(2)7-12-10(14)8-3-5-9(11)6-4-8/h3-7H,1-2H3. The number of nitrogens with zero attached hydrogens (tertiary/aromatic N) is 2. The highest BCUT2D eigenvalue weighted by molar-refractivity contribution is 6.30. The zero-order valence-electron chi connectivity index (χ0n) is 8.07. The number of rotatable bonds is 2. The van der Waals surface area contributed by atoms with Gasteiger partial charge in [0, 0.05) is 24.7 Å². The maximum atomic E-state index is 11.4. The Balaban J connectivity index is 2.75. The molecule has 1 rings (SSSR count). The lowest BCUT2D eigenvalue weighted by atomic mass is 10.2. The Bertz CT molecular complexity index is 344. The molecule has 0 atom stereocenters. The molecule has 1 aromatic carbocycles. The summed E-state index contributed by atoms with van der Waals surface area (Å²) in [6.07, 6.45) is 1.47. The van der Waals surface area contributed by atoms with Gasteiger partial charge in [-0.05, 0) is 24.3 Å². The van der Waals surface area contributed by atoms with Gasteiger partial charge in [-0.2, -0.15) is 4.99 Å². The second kappa shape index (κ2) is 4.77. The first-order valence-electron chi connectivity index (χ1n) is 4.10. The molecule has 3 nitrogen and oxygen atoms in total. The van der Waals surface area contributed by atoms with Gasteiger partial charge in [0.25, 0.3) is 5.91 Å². The summed E-state index contributed by atoms with van der Waals surface area (Å²) in [6, 6.07) is 6.63. The molecule has 0 N–H and O–H groups in total. The van der Waals surface area contributed by atoms with E-state index < -0.39 is 0 Å². The lowest BCUT2D eigenvalue weighted by molar-refractivity contribution is 0.100. The largest absolute Gasteiger partial charge is 0.369 e. The molecule has 0 fully saturated rings. The fraction of sp³-hybridized carbons (Fsp3) is 0.200. The second-order valence-electron chi connectivity index (χ2n) is 3.02. The van der Waals surface area contributed by atoms with E-state index in [4.69, 9.17) is 11.6 Å². The van der Waals surface area contributed by atoms with E-state index in [1.165, 1.54) is 6.34 Å². The first-order valence-corrected chi connectivity index (χ1v) is 4.48. The van der Waals surface area contributed by atoms with Crippen molar-refractivity contribution >= 4 is 23.8 Å². The SMILES string of the molecule is CN(C)C=NC(=O)c1ccc(Cl)cc1. The molecule has 0 bridgehead atoms. The lowest BCUT2D eigenvalue weighted by Crippen LogP contribution is -2.09. The van der Waals surface area contributed by atoms with Crippen LogP contribution in [0, 0.1) is 0 Å². The number of hydrogen-bond acceptors (Lipinski definition) is 1. The summed E-state index contributed by atoms with van der Waals surface area (Å²) in [5, 5.41) is 0.609. The normalized spacial score (nSPS) is 10.5. The highest BCUT2D eigenvalue weighted by atomic mass is 35.5. The van der Waals surface area contributed by atoms with Crippen molar-refractivity contribution in [1.82, 2.24) is 4.90 Å². The molecular formula is C10H11ClN2O. The van der Waals surface area contributed by atoms with Crippen molar-refractivity contribution in [3.63, 3.8) is 0 Å². The summed E-state index contributed by atoms with van der Waals surface area (Å²) in [4.78, 5) is 16.8. The number of amides is 1. The molecule has 4 heteroatoms. The van der Waals surface area contributed by atoms with Crippen molar-refractivity contribution in [2.75, 3.05) is 14.1 Å². The van der Waals surface area contributed by atoms with E-state index in [0.717, 1.165) is 0 Å². The Morgan fingerprint density at radius 1 is 1.36 bits per heavy atom. The number of halogens is 1. The van der Waals surface area contributed by atoms with Gasteiger partial charge in [-0.3, -0.25) is 4.79 Å². The van der Waals surface area contributed by atoms with Crippen molar-refractivity contribution in [3.8, 4) is 0 Å². The van der Waals surface area contributed by atoms with Crippen molar-refractivity contribution in [1.29, 1.82) is 0 Å². The summed E-state index contributed by atoms with van der Waals surface area (Å²) in [6.45, 7) is 0. The quantitative estimate of drug-likeness (QED) is 0.553. The summed E-state index contributed by atoms with van der Waals surface area (Å²) in [5.41, 5.74) is 0.535. The van der Waals surface area contributed by atoms with E-state index in [0.29, 0.717) is 10.6 Å². The summed E-state index contributed by atoms with van der Waals surface area (Å²) < 4.78 is 0. The minimum Gasteiger partial charge on any atom is -0.369 e. The monoisotopic (exact) mass is 210 g/mol. The minimum atomic E-state index is -0.268. The third kappa shape index (κ3) is 3.18. The average Bonchev–Trinajstić information content (AvgIpc) is 2.15. The number of benzene rings is 1. The van der Waals surface area contributed by atoms with Crippen molar-refractivity contribution in [3.05, 3.63) is 34.9 Å². The fourth-order valence-electron chi connectivity index (χ4n) is 0.835. The molecule has 0 saturated heterocycles. The predicted molar refractivity (Wildman–Crippen MR) is 58.0 cm³/mol. The maximum Gasteiger partial charge on any atom is 0.278 e. The van der Waals surface area contributed by atoms with Crippen molar-refractivity contribution < 1.29 is 4.79 Å². The third-order valence-corrected chi connectivity index (χ3v) is 1.75. The van der Waals surface area contributed by atoms with E-state index in [9.17, 15) is 4.79 Å². The van der Waals surface area contributed by atoms with Gasteiger partial charge >= 0.3 is 0 Å². The van der Waals surface area contributed by atoms with E-state index in [2.05, 4.69) is 4.99 Å². The van der Waals surface area contributed by atoms with Crippen LogP contribution >= 0.6 is 11.6 Å². The van der Waals surface area contributed by atoms with Crippen molar-refractivity contribution in [2.24, 2.45) is 4.99 Å². The Labute approximate surface area is 88.0 Å². The zero-order valence-corrected chi connectivity index (χ0v) is 8.82. The molecule has 14 heavy (non-hydrogen) atoms. The smallest absolute Gasteiger partial charge is 0.278 e. The molecule has 0 aromatic heterocycles. The first kappa shape index (κ1) is 10.7. The molecule has 1 amide bonds. The van der Waals surface area contributed by atoms with Gasteiger partial charge in [0.05, 0.1) is 6.34 Å². The highest BCUT2D eigenvalue weighted by Crippen LogP contribution is 2.09. The van der Waals surface area contributed by atoms with Gasteiger partial charge in [0.15, 0.2) is 0 Å². The molecule has 0 radical (unpaired) electrons. The van der Waals surface area contributed by atoms with Crippen LogP contribution in [0.1, 0.15) is 10.4 Å². The van der Waals surface area contributed by atoms with Crippen LogP contribution in [0.25, 0.3) is 0 Å². The van der Waals surface area contributed by atoms with Gasteiger partial charge in [0.1, 0.15) is 0 Å². The van der Waals surface area contributed by atoms with E-state index in [1.54, 1.807) is 43.3 Å². The van der Waals surface area contributed by atoms with Crippen LogP contribution in [0.5, 0.6) is 0 Å². The molecule has 0 saturated carbocycles. The van der Waals surface area contributed by atoms with Gasteiger partial charge in [-0.25, -0.2) is 0 Å². The van der Waals surface area contributed by atoms with Crippen LogP contribution in [0.2, 0.25) is 5.02 Å². The topological polar surface area (TPSA) is 32.7 Å². The summed E-state index contributed by atoms with van der Waals surface area (Å²) in [7, 11) is 3.61. The van der Waals surface area contributed by atoms with Gasteiger partial charge in [-0.15, -0.1) is 0 Å². The Morgan fingerprint density at radius 2 is 1.93 bits per heavy atom. The molecule has 0 spiro atoms. The molecular weight excluding hydrogens is 200 g/mol. The summed E-state index contributed by atoms with van der Waals surface area (Å²) >= 11 is 5.69. The Kier molecular flexibility index (Phi) is 3.65. The molecule has 74 valence electrons. The van der Waals surface area contributed by atoms with Crippen LogP contribution in [-0.2, 0) is 0 Å². The Hall–Kier alpha value is -1.35.